The minimum Gasteiger partial charge on any atom is -0.322 e. The van der Waals surface area contributed by atoms with Gasteiger partial charge in [-0.3, -0.25) is 4.79 Å². The molecule has 0 bridgehead atoms. The molecule has 2 aromatic rings. The lowest BCUT2D eigenvalue weighted by molar-refractivity contribution is -0.111. The van der Waals surface area contributed by atoms with Gasteiger partial charge in [0.15, 0.2) is 5.16 Å². The van der Waals surface area contributed by atoms with Crippen molar-refractivity contribution in [2.45, 2.75) is 19.0 Å². The molecule has 0 aliphatic carbocycles. The average Bonchev–Trinajstić information content (AvgIpc) is 2.44. The van der Waals surface area contributed by atoms with Crippen molar-refractivity contribution in [3.63, 3.8) is 0 Å². The maximum absolute atomic E-state index is 11.7. The molecule has 0 aliphatic rings. The Labute approximate surface area is 122 Å². The second-order valence-electron chi connectivity index (χ2n) is 4.24. The van der Waals surface area contributed by atoms with E-state index in [1.54, 1.807) is 23.9 Å². The summed E-state index contributed by atoms with van der Waals surface area (Å²) in [6.45, 7) is 4.06. The van der Waals surface area contributed by atoms with Crippen LogP contribution >= 0.6 is 11.8 Å². The summed E-state index contributed by atoms with van der Waals surface area (Å²) in [6.07, 6.45) is 4.80. The van der Waals surface area contributed by atoms with E-state index in [-0.39, 0.29) is 5.91 Å². The van der Waals surface area contributed by atoms with Crippen LogP contribution in [0.15, 0.2) is 53.3 Å². The van der Waals surface area contributed by atoms with Gasteiger partial charge in [0.25, 0.3) is 0 Å². The molecule has 1 aromatic heterocycles. The van der Waals surface area contributed by atoms with Gasteiger partial charge in [-0.25, -0.2) is 9.97 Å². The maximum atomic E-state index is 11.7. The number of carbonyl (C=O) groups excluding carboxylic acids is 1. The van der Waals surface area contributed by atoms with Crippen LogP contribution in [0.3, 0.4) is 0 Å². The molecule has 2 rings (SSSR count). The molecule has 20 heavy (non-hydrogen) atoms. The molecule has 0 saturated heterocycles. The van der Waals surface area contributed by atoms with Crippen molar-refractivity contribution in [3.8, 4) is 0 Å². The van der Waals surface area contributed by atoms with Crippen LogP contribution in [0, 0.1) is 13.8 Å². The van der Waals surface area contributed by atoms with Crippen molar-refractivity contribution in [3.05, 3.63) is 59.3 Å². The van der Waals surface area contributed by atoms with E-state index in [9.17, 15) is 4.79 Å². The van der Waals surface area contributed by atoms with Gasteiger partial charge in [0, 0.05) is 24.2 Å². The molecule has 0 saturated carbocycles. The van der Waals surface area contributed by atoms with E-state index in [2.05, 4.69) is 15.3 Å². The van der Waals surface area contributed by atoms with E-state index in [1.807, 2.05) is 32.0 Å². The second kappa shape index (κ2) is 6.86. The van der Waals surface area contributed by atoms with Crippen LogP contribution in [-0.2, 0) is 4.79 Å². The number of benzene rings is 1. The Balaban J connectivity index is 1.90. The Hall–Kier alpha value is -2.14. The molecular weight excluding hydrogens is 270 g/mol. The van der Waals surface area contributed by atoms with Gasteiger partial charge in [0.05, 0.1) is 0 Å². The topological polar surface area (TPSA) is 54.9 Å². The van der Waals surface area contributed by atoms with E-state index in [0.29, 0.717) is 5.16 Å². The largest absolute Gasteiger partial charge is 0.322 e. The Kier molecular flexibility index (Phi) is 4.90. The highest BCUT2D eigenvalue weighted by Gasteiger charge is 2.00. The average molecular weight is 285 g/mol. The molecule has 0 spiro atoms. The number of aryl methyl sites for hydroxylation is 2. The number of carbonyl (C=O) groups is 1. The monoisotopic (exact) mass is 285 g/mol. The first-order valence-corrected chi connectivity index (χ1v) is 7.01. The van der Waals surface area contributed by atoms with Gasteiger partial charge in [0.2, 0.25) is 5.91 Å². The molecular formula is C15H15N3OS. The Morgan fingerprint density at radius 2 is 1.95 bits per heavy atom. The SMILES string of the molecule is Cc1ccc(NC(=O)C=CSc2ncccn2)cc1C. The van der Waals surface area contributed by atoms with Crippen molar-refractivity contribution < 1.29 is 4.79 Å². The summed E-state index contributed by atoms with van der Waals surface area (Å²) in [6, 6.07) is 7.58. The molecule has 0 atom stereocenters. The number of rotatable bonds is 4. The summed E-state index contributed by atoms with van der Waals surface area (Å²) in [5.41, 5.74) is 3.15. The fourth-order valence-corrected chi connectivity index (χ4v) is 2.06. The van der Waals surface area contributed by atoms with E-state index >= 15 is 0 Å². The summed E-state index contributed by atoms with van der Waals surface area (Å²) in [5, 5.41) is 5.10. The van der Waals surface area contributed by atoms with Crippen LogP contribution in [0.25, 0.3) is 0 Å². The number of aromatic nitrogens is 2. The molecule has 0 aliphatic heterocycles. The van der Waals surface area contributed by atoms with Crippen LogP contribution in [0.4, 0.5) is 5.69 Å². The van der Waals surface area contributed by atoms with E-state index in [4.69, 9.17) is 0 Å². The first-order valence-electron chi connectivity index (χ1n) is 6.13. The smallest absolute Gasteiger partial charge is 0.248 e. The highest BCUT2D eigenvalue weighted by atomic mass is 32.2. The van der Waals surface area contributed by atoms with Crippen LogP contribution < -0.4 is 5.32 Å². The van der Waals surface area contributed by atoms with Gasteiger partial charge in [-0.2, -0.15) is 0 Å². The molecule has 5 heteroatoms. The van der Waals surface area contributed by atoms with Crippen LogP contribution in [-0.4, -0.2) is 15.9 Å². The Morgan fingerprint density at radius 1 is 1.20 bits per heavy atom. The summed E-state index contributed by atoms with van der Waals surface area (Å²) in [5.74, 6) is -0.170. The third kappa shape index (κ3) is 4.20. The van der Waals surface area contributed by atoms with Gasteiger partial charge in [-0.15, -0.1) is 0 Å². The molecule has 1 aromatic carbocycles. The third-order valence-corrected chi connectivity index (χ3v) is 3.40. The Bertz CT molecular complexity index is 626. The molecule has 0 radical (unpaired) electrons. The summed E-state index contributed by atoms with van der Waals surface area (Å²) in [7, 11) is 0. The zero-order valence-corrected chi connectivity index (χ0v) is 12.1. The van der Waals surface area contributed by atoms with Crippen molar-refractivity contribution >= 4 is 23.4 Å². The standard InChI is InChI=1S/C15H15N3OS/c1-11-4-5-13(10-12(11)2)18-14(19)6-9-20-15-16-7-3-8-17-15/h3-10H,1-2H3,(H,18,19). The van der Waals surface area contributed by atoms with Gasteiger partial charge in [-0.1, -0.05) is 17.8 Å². The van der Waals surface area contributed by atoms with E-state index in [1.165, 1.54) is 23.4 Å². The van der Waals surface area contributed by atoms with E-state index in [0.717, 1.165) is 11.3 Å². The lowest BCUT2D eigenvalue weighted by Gasteiger charge is -2.05. The number of nitrogens with zero attached hydrogens (tertiary/aromatic N) is 2. The van der Waals surface area contributed by atoms with Crippen molar-refractivity contribution in [2.75, 3.05) is 5.32 Å². The number of hydrogen-bond donors (Lipinski definition) is 1. The molecule has 1 heterocycles. The van der Waals surface area contributed by atoms with Gasteiger partial charge in [-0.05, 0) is 48.6 Å². The Morgan fingerprint density at radius 3 is 2.65 bits per heavy atom. The van der Waals surface area contributed by atoms with Crippen molar-refractivity contribution in [1.29, 1.82) is 0 Å². The highest BCUT2D eigenvalue weighted by molar-refractivity contribution is 8.02. The van der Waals surface area contributed by atoms with Crippen molar-refractivity contribution in [1.82, 2.24) is 9.97 Å². The fourth-order valence-electron chi connectivity index (χ4n) is 1.51. The second-order valence-corrected chi connectivity index (χ2v) is 5.11. The normalized spacial score (nSPS) is 10.7. The highest BCUT2D eigenvalue weighted by Crippen LogP contribution is 2.15. The predicted octanol–water partition coefficient (Wildman–Crippen LogP) is 3.34. The van der Waals surface area contributed by atoms with Crippen LogP contribution in [0.5, 0.6) is 0 Å². The number of amides is 1. The first-order chi connectivity index (χ1) is 9.65. The molecule has 0 unspecified atom stereocenters. The lowest BCUT2D eigenvalue weighted by atomic mass is 10.1. The molecule has 1 amide bonds. The number of nitrogens with one attached hydrogen (secondary N) is 1. The van der Waals surface area contributed by atoms with Crippen LogP contribution in [0.2, 0.25) is 0 Å². The molecule has 0 fully saturated rings. The summed E-state index contributed by atoms with van der Waals surface area (Å²) in [4.78, 5) is 19.8. The fraction of sp³-hybridized carbons (Fsp3) is 0.133. The zero-order valence-electron chi connectivity index (χ0n) is 11.3. The minimum absolute atomic E-state index is 0.170. The predicted molar refractivity (Wildman–Crippen MR) is 81.6 cm³/mol. The zero-order chi connectivity index (χ0) is 14.4. The number of hydrogen-bond acceptors (Lipinski definition) is 4. The first kappa shape index (κ1) is 14.3. The third-order valence-electron chi connectivity index (χ3n) is 2.71. The summed E-state index contributed by atoms with van der Waals surface area (Å²) >= 11 is 1.30. The molecule has 4 nitrogen and oxygen atoms in total. The van der Waals surface area contributed by atoms with E-state index < -0.39 is 0 Å². The molecule has 102 valence electrons. The lowest BCUT2D eigenvalue weighted by Crippen LogP contribution is -2.07. The number of anilines is 1. The maximum Gasteiger partial charge on any atom is 0.248 e. The van der Waals surface area contributed by atoms with Gasteiger partial charge < -0.3 is 5.32 Å². The van der Waals surface area contributed by atoms with Crippen molar-refractivity contribution in [2.24, 2.45) is 0 Å². The van der Waals surface area contributed by atoms with Gasteiger partial charge in [0.1, 0.15) is 0 Å². The number of thioether (sulfide) groups is 1. The van der Waals surface area contributed by atoms with Crippen LogP contribution in [0.1, 0.15) is 11.1 Å². The summed E-state index contributed by atoms with van der Waals surface area (Å²) < 4.78 is 0. The quantitative estimate of drug-likeness (QED) is 0.532. The minimum atomic E-state index is -0.170. The van der Waals surface area contributed by atoms with Gasteiger partial charge >= 0.3 is 0 Å². The molecule has 1 N–H and O–H groups in total.